The number of hydrogen-bond donors (Lipinski definition) is 2. The molecular formula is C11H12BrN5O3. The summed E-state index contributed by atoms with van der Waals surface area (Å²) in [4.78, 5) is 12.1. The minimum absolute atomic E-state index is 0.177. The van der Waals surface area contributed by atoms with Gasteiger partial charge >= 0.3 is 0 Å². The van der Waals surface area contributed by atoms with Gasteiger partial charge in [0.05, 0.1) is 20.8 Å². The highest BCUT2D eigenvalue weighted by Gasteiger charge is 2.14. The molecule has 1 heterocycles. The van der Waals surface area contributed by atoms with Gasteiger partial charge in [0.2, 0.25) is 0 Å². The maximum absolute atomic E-state index is 12.1. The summed E-state index contributed by atoms with van der Waals surface area (Å²) in [5.41, 5.74) is 0.408. The zero-order chi connectivity index (χ0) is 14.5. The predicted molar refractivity (Wildman–Crippen MR) is 72.6 cm³/mol. The van der Waals surface area contributed by atoms with E-state index in [1.807, 2.05) is 0 Å². The van der Waals surface area contributed by atoms with E-state index in [1.165, 1.54) is 14.2 Å². The first kappa shape index (κ1) is 14.3. The van der Waals surface area contributed by atoms with Crippen LogP contribution in [-0.2, 0) is 6.54 Å². The predicted octanol–water partition coefficient (Wildman–Crippen LogP) is 0.909. The molecule has 8 nitrogen and oxygen atoms in total. The Morgan fingerprint density at radius 3 is 2.50 bits per heavy atom. The second kappa shape index (κ2) is 6.33. The number of amides is 1. The molecule has 0 aliphatic heterocycles. The summed E-state index contributed by atoms with van der Waals surface area (Å²) in [7, 11) is 3.03. The molecule has 106 valence electrons. The van der Waals surface area contributed by atoms with Gasteiger partial charge in [-0.15, -0.1) is 10.2 Å². The SMILES string of the molecule is COc1cc(C(=O)NCc2nn[nH]n2)cc(OC)c1Br. The maximum atomic E-state index is 12.1. The Hall–Kier alpha value is -2.16. The van der Waals surface area contributed by atoms with Crippen LogP contribution in [0.3, 0.4) is 0 Å². The molecule has 20 heavy (non-hydrogen) atoms. The molecule has 2 N–H and O–H groups in total. The van der Waals surface area contributed by atoms with Crippen molar-refractivity contribution in [1.29, 1.82) is 0 Å². The van der Waals surface area contributed by atoms with E-state index in [-0.39, 0.29) is 12.5 Å². The third kappa shape index (κ3) is 3.05. The Labute approximate surface area is 123 Å². The van der Waals surface area contributed by atoms with E-state index in [9.17, 15) is 4.79 Å². The molecule has 2 aromatic rings. The van der Waals surface area contributed by atoms with Crippen molar-refractivity contribution in [3.8, 4) is 11.5 Å². The lowest BCUT2D eigenvalue weighted by molar-refractivity contribution is 0.0949. The number of H-pyrrole nitrogens is 1. The number of nitrogens with one attached hydrogen (secondary N) is 2. The first-order valence-corrected chi connectivity index (χ1v) is 6.37. The molecule has 0 aliphatic carbocycles. The van der Waals surface area contributed by atoms with Crippen LogP contribution in [0.2, 0.25) is 0 Å². The third-order valence-electron chi connectivity index (χ3n) is 2.50. The third-order valence-corrected chi connectivity index (χ3v) is 3.29. The van der Waals surface area contributed by atoms with Gasteiger partial charge in [0.25, 0.3) is 5.91 Å². The van der Waals surface area contributed by atoms with Gasteiger partial charge in [0, 0.05) is 5.56 Å². The molecule has 2 rings (SSSR count). The number of benzene rings is 1. The standard InChI is InChI=1S/C11H12BrN5O3/c1-19-7-3-6(4-8(20-2)10(7)12)11(18)13-5-9-14-16-17-15-9/h3-4H,5H2,1-2H3,(H,13,18)(H,14,15,16,17). The number of ether oxygens (including phenoxy) is 2. The minimum atomic E-state index is -0.293. The monoisotopic (exact) mass is 341 g/mol. The van der Waals surface area contributed by atoms with Crippen LogP contribution in [0.5, 0.6) is 11.5 Å². The fourth-order valence-corrected chi connectivity index (χ4v) is 2.07. The van der Waals surface area contributed by atoms with E-state index in [4.69, 9.17) is 9.47 Å². The molecule has 0 fully saturated rings. The maximum Gasteiger partial charge on any atom is 0.251 e. The van der Waals surface area contributed by atoms with Crippen molar-refractivity contribution in [2.45, 2.75) is 6.54 Å². The van der Waals surface area contributed by atoms with Gasteiger partial charge in [-0.1, -0.05) is 5.21 Å². The van der Waals surface area contributed by atoms with Crippen molar-refractivity contribution in [3.63, 3.8) is 0 Å². The van der Waals surface area contributed by atoms with Crippen LogP contribution in [0.25, 0.3) is 0 Å². The Balaban J connectivity index is 2.16. The lowest BCUT2D eigenvalue weighted by Crippen LogP contribution is -2.23. The quantitative estimate of drug-likeness (QED) is 0.837. The summed E-state index contributed by atoms with van der Waals surface area (Å²) >= 11 is 3.34. The molecule has 0 saturated heterocycles. The highest BCUT2D eigenvalue weighted by Crippen LogP contribution is 2.35. The lowest BCUT2D eigenvalue weighted by atomic mass is 10.2. The number of tetrazole rings is 1. The summed E-state index contributed by atoms with van der Waals surface area (Å²) in [6, 6.07) is 3.22. The lowest BCUT2D eigenvalue weighted by Gasteiger charge is -2.11. The van der Waals surface area contributed by atoms with E-state index in [0.29, 0.717) is 27.4 Å². The van der Waals surface area contributed by atoms with E-state index in [0.717, 1.165) is 0 Å². The van der Waals surface area contributed by atoms with Crippen LogP contribution in [0.1, 0.15) is 16.2 Å². The topological polar surface area (TPSA) is 102 Å². The van der Waals surface area contributed by atoms with E-state index >= 15 is 0 Å². The molecule has 0 saturated carbocycles. The van der Waals surface area contributed by atoms with Gasteiger partial charge in [0.15, 0.2) is 5.82 Å². The second-order valence-corrected chi connectivity index (χ2v) is 4.50. The summed E-state index contributed by atoms with van der Waals surface area (Å²) in [5, 5.41) is 15.9. The number of halogens is 1. The average molecular weight is 342 g/mol. The van der Waals surface area contributed by atoms with Gasteiger partial charge in [-0.2, -0.15) is 5.21 Å². The zero-order valence-electron chi connectivity index (χ0n) is 10.8. The van der Waals surface area contributed by atoms with Crippen molar-refractivity contribution < 1.29 is 14.3 Å². The van der Waals surface area contributed by atoms with Crippen molar-refractivity contribution in [1.82, 2.24) is 25.9 Å². The second-order valence-electron chi connectivity index (χ2n) is 3.71. The van der Waals surface area contributed by atoms with Crippen LogP contribution in [-0.4, -0.2) is 40.8 Å². The van der Waals surface area contributed by atoms with Crippen molar-refractivity contribution in [2.24, 2.45) is 0 Å². The van der Waals surface area contributed by atoms with Gasteiger partial charge in [-0.3, -0.25) is 4.79 Å². The molecule has 0 spiro atoms. The number of carbonyl (C=O) groups excluding carboxylic acids is 1. The highest BCUT2D eigenvalue weighted by molar-refractivity contribution is 9.10. The van der Waals surface area contributed by atoms with Crippen LogP contribution >= 0.6 is 15.9 Å². The molecule has 0 radical (unpaired) electrons. The fraction of sp³-hybridized carbons (Fsp3) is 0.273. The first-order chi connectivity index (χ1) is 9.65. The van der Waals surface area contributed by atoms with Gasteiger partial charge < -0.3 is 14.8 Å². The first-order valence-electron chi connectivity index (χ1n) is 5.57. The van der Waals surface area contributed by atoms with Crippen LogP contribution < -0.4 is 14.8 Å². The summed E-state index contributed by atoms with van der Waals surface area (Å²) in [6.45, 7) is 0.177. The number of nitrogens with zero attached hydrogens (tertiary/aromatic N) is 3. The Bertz CT molecular complexity index is 577. The Morgan fingerprint density at radius 1 is 1.35 bits per heavy atom. The Morgan fingerprint density at radius 2 is 2.00 bits per heavy atom. The van der Waals surface area contributed by atoms with Gasteiger partial charge in [0.1, 0.15) is 16.0 Å². The van der Waals surface area contributed by atoms with Crippen LogP contribution in [0, 0.1) is 0 Å². The molecule has 0 bridgehead atoms. The van der Waals surface area contributed by atoms with E-state index in [1.54, 1.807) is 12.1 Å². The average Bonchev–Trinajstić information content (AvgIpc) is 2.98. The normalized spacial score (nSPS) is 10.2. The smallest absolute Gasteiger partial charge is 0.251 e. The number of hydrogen-bond acceptors (Lipinski definition) is 6. The molecule has 1 aromatic heterocycles. The zero-order valence-corrected chi connectivity index (χ0v) is 12.4. The molecule has 0 atom stereocenters. The molecule has 1 aromatic carbocycles. The van der Waals surface area contributed by atoms with Crippen LogP contribution in [0.15, 0.2) is 16.6 Å². The number of carbonyl (C=O) groups is 1. The summed E-state index contributed by atoms with van der Waals surface area (Å²) < 4.78 is 11.0. The van der Waals surface area contributed by atoms with Crippen molar-refractivity contribution >= 4 is 21.8 Å². The highest BCUT2D eigenvalue weighted by atomic mass is 79.9. The molecule has 9 heteroatoms. The number of aromatic amines is 1. The molecule has 1 amide bonds. The van der Waals surface area contributed by atoms with Crippen LogP contribution in [0.4, 0.5) is 0 Å². The van der Waals surface area contributed by atoms with Crippen molar-refractivity contribution in [3.05, 3.63) is 28.0 Å². The van der Waals surface area contributed by atoms with E-state index < -0.39 is 0 Å². The van der Waals surface area contributed by atoms with Crippen molar-refractivity contribution in [2.75, 3.05) is 14.2 Å². The molecule has 0 aliphatic rings. The Kier molecular flexibility index (Phi) is 4.51. The minimum Gasteiger partial charge on any atom is -0.495 e. The fourth-order valence-electron chi connectivity index (χ4n) is 1.52. The number of rotatable bonds is 5. The van der Waals surface area contributed by atoms with Gasteiger partial charge in [-0.25, -0.2) is 0 Å². The number of methoxy groups -OCH3 is 2. The van der Waals surface area contributed by atoms with E-state index in [2.05, 4.69) is 41.9 Å². The molecular weight excluding hydrogens is 330 g/mol. The number of aromatic nitrogens is 4. The van der Waals surface area contributed by atoms with Gasteiger partial charge in [-0.05, 0) is 28.1 Å². The molecule has 0 unspecified atom stereocenters. The largest absolute Gasteiger partial charge is 0.495 e. The summed E-state index contributed by atoms with van der Waals surface area (Å²) in [5.74, 6) is 1.12. The summed E-state index contributed by atoms with van der Waals surface area (Å²) in [6.07, 6.45) is 0.